The molecule has 72 valence electrons. The molecule has 1 spiro atoms. The molecular weight excluding hydrogens is 166 g/mol. The van der Waals surface area contributed by atoms with Gasteiger partial charge in [-0.1, -0.05) is 5.16 Å². The Morgan fingerprint density at radius 1 is 1.38 bits per heavy atom. The van der Waals surface area contributed by atoms with Crippen LogP contribution >= 0.6 is 0 Å². The molecule has 0 amide bonds. The van der Waals surface area contributed by atoms with Gasteiger partial charge in [-0.05, 0) is 31.1 Å². The number of oxime groups is 1. The van der Waals surface area contributed by atoms with Crippen molar-refractivity contribution in [3.63, 3.8) is 0 Å². The van der Waals surface area contributed by atoms with E-state index >= 15 is 0 Å². The van der Waals surface area contributed by atoms with E-state index in [1.54, 1.807) is 0 Å². The topological polar surface area (TPSA) is 30.8 Å². The molecule has 13 heavy (non-hydrogen) atoms. The average molecular weight is 181 g/mol. The van der Waals surface area contributed by atoms with Crippen molar-refractivity contribution < 1.29 is 9.57 Å². The second kappa shape index (κ2) is 2.71. The maximum absolute atomic E-state index is 5.39. The maximum atomic E-state index is 5.39. The molecule has 1 saturated heterocycles. The van der Waals surface area contributed by atoms with Gasteiger partial charge < -0.3 is 9.57 Å². The van der Waals surface area contributed by atoms with E-state index < -0.39 is 0 Å². The minimum atomic E-state index is 0.225. The molecule has 1 aliphatic heterocycles. The van der Waals surface area contributed by atoms with Crippen molar-refractivity contribution in [3.05, 3.63) is 0 Å². The number of rotatable bonds is 2. The Morgan fingerprint density at radius 3 is 2.85 bits per heavy atom. The summed E-state index contributed by atoms with van der Waals surface area (Å²) in [7, 11) is 0. The summed E-state index contributed by atoms with van der Waals surface area (Å²) >= 11 is 0. The maximum Gasteiger partial charge on any atom is 0.152 e. The van der Waals surface area contributed by atoms with Crippen molar-refractivity contribution >= 4 is 5.71 Å². The van der Waals surface area contributed by atoms with Gasteiger partial charge in [0, 0.05) is 6.42 Å². The van der Waals surface area contributed by atoms with Crippen molar-refractivity contribution in [1.82, 2.24) is 0 Å². The van der Waals surface area contributed by atoms with Gasteiger partial charge in [0.2, 0.25) is 0 Å². The van der Waals surface area contributed by atoms with E-state index in [1.165, 1.54) is 31.4 Å². The lowest BCUT2D eigenvalue weighted by Crippen LogP contribution is -2.26. The first-order valence-electron chi connectivity index (χ1n) is 5.16. The second-order valence-electron chi connectivity index (χ2n) is 4.60. The van der Waals surface area contributed by atoms with E-state index in [-0.39, 0.29) is 6.10 Å². The van der Waals surface area contributed by atoms with Gasteiger partial charge >= 0.3 is 0 Å². The van der Waals surface area contributed by atoms with Gasteiger partial charge in [0.1, 0.15) is 0 Å². The predicted octanol–water partition coefficient (Wildman–Crippen LogP) is 1.72. The Hall–Kier alpha value is -0.570. The first-order chi connectivity index (χ1) is 6.36. The Bertz CT molecular complexity index is 229. The van der Waals surface area contributed by atoms with Crippen molar-refractivity contribution in [2.75, 3.05) is 13.2 Å². The van der Waals surface area contributed by atoms with Crippen molar-refractivity contribution in [2.24, 2.45) is 10.6 Å². The summed E-state index contributed by atoms with van der Waals surface area (Å²) in [5, 5.41) is 4.18. The summed E-state index contributed by atoms with van der Waals surface area (Å²) in [6.07, 6.45) is 6.45. The Labute approximate surface area is 78.1 Å². The fraction of sp³-hybridized carbons (Fsp3) is 0.900. The molecule has 3 rings (SSSR count). The molecule has 1 heterocycles. The van der Waals surface area contributed by atoms with Crippen LogP contribution in [-0.2, 0) is 9.57 Å². The van der Waals surface area contributed by atoms with Gasteiger partial charge in [-0.2, -0.15) is 0 Å². The highest BCUT2D eigenvalue weighted by atomic mass is 16.7. The largest absolute Gasteiger partial charge is 0.390 e. The van der Waals surface area contributed by atoms with E-state index in [2.05, 4.69) is 5.16 Å². The fourth-order valence-electron chi connectivity index (χ4n) is 2.15. The molecule has 2 saturated carbocycles. The molecule has 0 aromatic heterocycles. The molecule has 0 N–H and O–H groups in total. The number of hydrogen-bond donors (Lipinski definition) is 0. The number of nitrogens with zero attached hydrogens (tertiary/aromatic N) is 1. The Morgan fingerprint density at radius 2 is 2.23 bits per heavy atom. The van der Waals surface area contributed by atoms with Gasteiger partial charge in [0.15, 0.2) is 6.10 Å². The van der Waals surface area contributed by atoms with Crippen molar-refractivity contribution in [3.8, 4) is 0 Å². The van der Waals surface area contributed by atoms with Crippen LogP contribution in [0.4, 0.5) is 0 Å². The van der Waals surface area contributed by atoms with Crippen molar-refractivity contribution in [2.45, 2.75) is 38.2 Å². The zero-order chi connectivity index (χ0) is 8.73. The van der Waals surface area contributed by atoms with Gasteiger partial charge in [0.25, 0.3) is 0 Å². The SMILES string of the molecule is C1CC(ON=C2CC3(CC3)C2)CO1. The van der Waals surface area contributed by atoms with Gasteiger partial charge in [-0.25, -0.2) is 0 Å². The summed E-state index contributed by atoms with van der Waals surface area (Å²) in [4.78, 5) is 5.39. The molecule has 3 aliphatic rings. The molecule has 3 fully saturated rings. The third-order valence-electron chi connectivity index (χ3n) is 3.33. The van der Waals surface area contributed by atoms with Crippen LogP contribution in [0.2, 0.25) is 0 Å². The summed E-state index contributed by atoms with van der Waals surface area (Å²) in [5.41, 5.74) is 1.97. The van der Waals surface area contributed by atoms with Crippen LogP contribution in [0.3, 0.4) is 0 Å². The zero-order valence-corrected chi connectivity index (χ0v) is 7.79. The van der Waals surface area contributed by atoms with Crippen LogP contribution in [-0.4, -0.2) is 25.0 Å². The van der Waals surface area contributed by atoms with Crippen LogP contribution in [0.5, 0.6) is 0 Å². The first-order valence-corrected chi connectivity index (χ1v) is 5.16. The predicted molar refractivity (Wildman–Crippen MR) is 48.6 cm³/mol. The van der Waals surface area contributed by atoms with E-state index in [0.717, 1.165) is 19.6 Å². The van der Waals surface area contributed by atoms with Crippen LogP contribution in [0, 0.1) is 5.41 Å². The average Bonchev–Trinajstić information content (AvgIpc) is 2.70. The third-order valence-corrected chi connectivity index (χ3v) is 3.33. The molecule has 1 atom stereocenters. The summed E-state index contributed by atoms with van der Waals surface area (Å²) in [6.45, 7) is 1.56. The van der Waals surface area contributed by atoms with Crippen LogP contribution in [0.1, 0.15) is 32.1 Å². The van der Waals surface area contributed by atoms with E-state index in [9.17, 15) is 0 Å². The molecule has 2 aliphatic carbocycles. The highest BCUT2D eigenvalue weighted by Gasteiger charge is 2.51. The summed E-state index contributed by atoms with van der Waals surface area (Å²) < 4.78 is 5.20. The van der Waals surface area contributed by atoms with Gasteiger partial charge in [-0.3, -0.25) is 0 Å². The van der Waals surface area contributed by atoms with E-state index in [1.807, 2.05) is 0 Å². The van der Waals surface area contributed by atoms with E-state index in [4.69, 9.17) is 9.57 Å². The highest BCUT2D eigenvalue weighted by Crippen LogP contribution is 2.59. The lowest BCUT2D eigenvalue weighted by molar-refractivity contribution is 0.0450. The molecule has 3 heteroatoms. The monoisotopic (exact) mass is 181 g/mol. The lowest BCUT2D eigenvalue weighted by Gasteiger charge is -2.26. The van der Waals surface area contributed by atoms with Crippen LogP contribution < -0.4 is 0 Å². The number of ether oxygens (including phenoxy) is 1. The molecule has 1 unspecified atom stereocenters. The summed E-state index contributed by atoms with van der Waals surface area (Å²) in [5.74, 6) is 0. The summed E-state index contributed by atoms with van der Waals surface area (Å²) in [6, 6.07) is 0. The second-order valence-corrected chi connectivity index (χ2v) is 4.60. The van der Waals surface area contributed by atoms with Crippen molar-refractivity contribution in [1.29, 1.82) is 0 Å². The van der Waals surface area contributed by atoms with Gasteiger partial charge in [-0.15, -0.1) is 0 Å². The molecular formula is C10H15NO2. The molecule has 0 bridgehead atoms. The normalized spacial score (nSPS) is 34.5. The first kappa shape index (κ1) is 7.80. The quantitative estimate of drug-likeness (QED) is 0.607. The third kappa shape index (κ3) is 1.46. The smallest absolute Gasteiger partial charge is 0.152 e. The molecule has 0 aromatic rings. The minimum Gasteiger partial charge on any atom is -0.390 e. The minimum absolute atomic E-state index is 0.225. The van der Waals surface area contributed by atoms with Crippen LogP contribution in [0.15, 0.2) is 5.16 Å². The van der Waals surface area contributed by atoms with Crippen LogP contribution in [0.25, 0.3) is 0 Å². The highest BCUT2D eigenvalue weighted by molar-refractivity contribution is 5.92. The number of hydrogen-bond acceptors (Lipinski definition) is 3. The Kier molecular flexibility index (Phi) is 1.62. The fourth-order valence-corrected chi connectivity index (χ4v) is 2.15. The Balaban J connectivity index is 1.47. The lowest BCUT2D eigenvalue weighted by atomic mass is 9.80. The standard InChI is InChI=1S/C10H15NO2/c1-4-12-7-9(1)13-11-8-5-10(6-8)2-3-10/h9H,1-7H2. The zero-order valence-electron chi connectivity index (χ0n) is 7.79. The molecule has 0 aromatic carbocycles. The van der Waals surface area contributed by atoms with E-state index in [0.29, 0.717) is 5.41 Å². The molecule has 3 nitrogen and oxygen atoms in total. The van der Waals surface area contributed by atoms with Gasteiger partial charge in [0.05, 0.1) is 18.9 Å². The molecule has 0 radical (unpaired) electrons.